The van der Waals surface area contributed by atoms with E-state index in [4.69, 9.17) is 74.3 Å². The van der Waals surface area contributed by atoms with Gasteiger partial charge in [0.25, 0.3) is 0 Å². The van der Waals surface area contributed by atoms with Gasteiger partial charge in [-0.2, -0.15) is 26.3 Å². The first-order valence-electron chi connectivity index (χ1n) is 30.3. The van der Waals surface area contributed by atoms with E-state index in [1.54, 1.807) is 37.4 Å². The lowest BCUT2D eigenvalue weighted by molar-refractivity contribution is -0.274. The van der Waals surface area contributed by atoms with Gasteiger partial charge in [0.1, 0.15) is 28.9 Å². The lowest BCUT2D eigenvalue weighted by Gasteiger charge is -2.21. The molecule has 0 heterocycles. The Bertz CT molecular complexity index is 3510. The standard InChI is InChI=1S/C12H14F4O.C12H15F3.C11H12ClF3O.C11H15ClO.C10H12Cl2.C10H12ClF.C10H13Cl/c1-11(2,3)9-5-4-8(6-10(9)13)17-7-12(14,15)16;1-8-7-9(11(2,3)4)5-6-10(8)12(13,14)15;1-10(2,3)7-4-5-9(8(12)6-7)16-11(13,14)15;1-11(2,3)8-5-6-10(13-4)9(12)7-8;1-10(2,3)7-4-5-8(11)9(12)6-7;1-10(2,3)7-4-5-9(12)8(11)6-7;1-10(2,3)8-5-4-6-9(11)7-8/h4-6H,7H2,1-3H3;5-7H,1-4H3;4-6H,1-3H3;5-7H,1-4H3;2*4-6H,1-3H3;4-7H,1-3H3. The Balaban J connectivity index is 0.000000563. The number of hydrogen-bond donors (Lipinski definition) is 0. The highest BCUT2D eigenvalue weighted by Crippen LogP contribution is 2.38. The van der Waals surface area contributed by atoms with Crippen molar-refractivity contribution >= 4 is 69.6 Å². The normalized spacial score (nSPS) is 12.2. The Morgan fingerprint density at radius 2 is 0.719 bits per heavy atom. The molecule has 534 valence electrons. The summed E-state index contributed by atoms with van der Waals surface area (Å²) in [6.07, 6.45) is -13.4. The zero-order valence-electron chi connectivity index (χ0n) is 59.1. The van der Waals surface area contributed by atoms with E-state index < -0.39 is 42.1 Å². The molecular weight excluding hydrogens is 1380 g/mol. The Morgan fingerprint density at radius 1 is 0.344 bits per heavy atom. The molecule has 7 aromatic carbocycles. The molecule has 96 heavy (non-hydrogen) atoms. The van der Waals surface area contributed by atoms with E-state index in [9.17, 15) is 48.3 Å². The van der Waals surface area contributed by atoms with Crippen LogP contribution in [0.25, 0.3) is 0 Å². The van der Waals surface area contributed by atoms with Gasteiger partial charge in [-0.1, -0.05) is 270 Å². The van der Waals surface area contributed by atoms with Gasteiger partial charge in [0, 0.05) is 11.1 Å². The van der Waals surface area contributed by atoms with E-state index in [-0.39, 0.29) is 65.4 Å². The number of halogens is 17. The van der Waals surface area contributed by atoms with E-state index in [0.717, 1.165) is 39.6 Å². The van der Waals surface area contributed by atoms with Crippen LogP contribution in [0.3, 0.4) is 0 Å². The van der Waals surface area contributed by atoms with Crippen LogP contribution in [0.4, 0.5) is 48.3 Å². The molecular formula is C76H93Cl6F11O3. The molecule has 0 fully saturated rings. The summed E-state index contributed by atoms with van der Waals surface area (Å²) in [6.45, 7) is 43.0. The van der Waals surface area contributed by atoms with Crippen LogP contribution in [0.2, 0.25) is 30.1 Å². The second-order valence-electron chi connectivity index (χ2n) is 29.6. The van der Waals surface area contributed by atoms with Crippen LogP contribution in [0.15, 0.2) is 133 Å². The van der Waals surface area contributed by atoms with Gasteiger partial charge >= 0.3 is 18.7 Å². The van der Waals surface area contributed by atoms with Crippen molar-refractivity contribution in [2.45, 2.75) is 209 Å². The Labute approximate surface area is 593 Å². The fraction of sp³-hybridized carbons (Fsp3) is 0.447. The Morgan fingerprint density at radius 3 is 1.05 bits per heavy atom. The maximum atomic E-state index is 13.6. The van der Waals surface area contributed by atoms with E-state index >= 15 is 0 Å². The van der Waals surface area contributed by atoms with Crippen LogP contribution in [-0.4, -0.2) is 26.3 Å². The summed E-state index contributed by atoms with van der Waals surface area (Å²) < 4.78 is 149. The molecule has 7 aromatic rings. The lowest BCUT2D eigenvalue weighted by Crippen LogP contribution is -2.19. The number of hydrogen-bond acceptors (Lipinski definition) is 3. The maximum absolute atomic E-state index is 13.6. The average Bonchev–Trinajstić information content (AvgIpc) is 0.842. The molecule has 0 aliphatic rings. The molecule has 0 bridgehead atoms. The molecule has 0 saturated heterocycles. The van der Waals surface area contributed by atoms with Crippen LogP contribution in [0.1, 0.15) is 195 Å². The van der Waals surface area contributed by atoms with Gasteiger partial charge in [0.2, 0.25) is 0 Å². The fourth-order valence-corrected chi connectivity index (χ4v) is 9.14. The van der Waals surface area contributed by atoms with Crippen molar-refractivity contribution in [1.82, 2.24) is 0 Å². The topological polar surface area (TPSA) is 27.7 Å². The average molecular weight is 1480 g/mol. The number of rotatable bonds is 4. The maximum Gasteiger partial charge on any atom is 0.573 e. The minimum absolute atomic E-state index is 0.0251. The number of benzene rings is 7. The predicted molar refractivity (Wildman–Crippen MR) is 380 cm³/mol. The minimum atomic E-state index is -4.72. The molecule has 3 nitrogen and oxygen atoms in total. The number of alkyl halides is 9. The zero-order valence-corrected chi connectivity index (χ0v) is 63.6. The van der Waals surface area contributed by atoms with Crippen LogP contribution in [-0.2, 0) is 44.1 Å². The van der Waals surface area contributed by atoms with Crippen molar-refractivity contribution in [3.63, 3.8) is 0 Å². The Kier molecular flexibility index (Phi) is 33.2. The first-order chi connectivity index (χ1) is 43.1. The van der Waals surface area contributed by atoms with Crippen LogP contribution in [0, 0.1) is 18.6 Å². The molecule has 0 aliphatic carbocycles. The molecule has 0 aromatic heterocycles. The highest BCUT2D eigenvalue weighted by Gasteiger charge is 2.34. The van der Waals surface area contributed by atoms with Crippen molar-refractivity contribution in [3.05, 3.63) is 225 Å². The van der Waals surface area contributed by atoms with Gasteiger partial charge in [0.05, 0.1) is 37.8 Å². The van der Waals surface area contributed by atoms with Crippen molar-refractivity contribution in [3.8, 4) is 17.2 Å². The molecule has 0 unspecified atom stereocenters. The first kappa shape index (κ1) is 88.9. The molecule has 7 rings (SSSR count). The number of ether oxygens (including phenoxy) is 3. The number of aryl methyl sites for hydroxylation is 1. The first-order valence-corrected chi connectivity index (χ1v) is 32.6. The summed E-state index contributed by atoms with van der Waals surface area (Å²) in [4.78, 5) is 0. The van der Waals surface area contributed by atoms with Gasteiger partial charge in [-0.3, -0.25) is 0 Å². The summed E-state index contributed by atoms with van der Waals surface area (Å²) in [5.41, 5.74) is 6.53. The summed E-state index contributed by atoms with van der Waals surface area (Å²) in [5.74, 6) is -0.675. The van der Waals surface area contributed by atoms with Crippen molar-refractivity contribution < 1.29 is 62.5 Å². The number of methoxy groups -OCH3 is 1. The molecule has 20 heteroatoms. The molecule has 0 spiro atoms. The van der Waals surface area contributed by atoms with Gasteiger partial charge in [-0.15, -0.1) is 13.2 Å². The minimum Gasteiger partial charge on any atom is -0.495 e. The molecule has 0 saturated carbocycles. The van der Waals surface area contributed by atoms with E-state index in [1.165, 1.54) is 53.9 Å². The largest absolute Gasteiger partial charge is 0.573 e. The van der Waals surface area contributed by atoms with Gasteiger partial charge < -0.3 is 14.2 Å². The van der Waals surface area contributed by atoms with Crippen LogP contribution in [0.5, 0.6) is 17.2 Å². The molecule has 0 N–H and O–H groups in total. The summed E-state index contributed by atoms with van der Waals surface area (Å²) in [5, 5.41) is 2.90. The third-order valence-electron chi connectivity index (χ3n) is 13.9. The van der Waals surface area contributed by atoms with Gasteiger partial charge in [-0.05, 0) is 162 Å². The predicted octanol–water partition coefficient (Wildman–Crippen LogP) is 28.3. The second kappa shape index (κ2) is 35.8. The van der Waals surface area contributed by atoms with Crippen molar-refractivity contribution in [2.24, 2.45) is 0 Å². The summed E-state index contributed by atoms with van der Waals surface area (Å²) in [6, 6.07) is 36.9. The second-order valence-corrected chi connectivity index (χ2v) is 32.1. The SMILES string of the molecule is CC(C)(C)c1ccc(Cl)c(Cl)c1.CC(C)(C)c1ccc(F)c(Cl)c1.CC(C)(C)c1ccc(OC(F)(F)F)c(Cl)c1.CC(C)(C)c1ccc(OCC(F)(F)F)cc1F.CC(C)(C)c1cccc(Cl)c1.COc1ccc(C(C)(C)C)cc1Cl.Cc1cc(C(C)(C)C)ccc1C(F)(F)F. The molecule has 0 aliphatic heterocycles. The quantitative estimate of drug-likeness (QED) is 0.164. The summed E-state index contributed by atoms with van der Waals surface area (Å²) in [7, 11) is 1.62. The van der Waals surface area contributed by atoms with E-state index in [0.29, 0.717) is 20.6 Å². The zero-order chi connectivity index (χ0) is 74.9. The molecule has 0 atom stereocenters. The van der Waals surface area contributed by atoms with E-state index in [2.05, 4.69) is 98.6 Å². The third-order valence-corrected chi connectivity index (χ3v) is 15.7. The van der Waals surface area contributed by atoms with Crippen molar-refractivity contribution in [2.75, 3.05) is 13.7 Å². The summed E-state index contributed by atoms with van der Waals surface area (Å²) >= 11 is 34.9. The lowest BCUT2D eigenvalue weighted by atomic mass is 9.85. The highest BCUT2D eigenvalue weighted by molar-refractivity contribution is 6.42. The van der Waals surface area contributed by atoms with Gasteiger partial charge in [-0.25, -0.2) is 8.78 Å². The van der Waals surface area contributed by atoms with Gasteiger partial charge in [0.15, 0.2) is 6.61 Å². The highest BCUT2D eigenvalue weighted by atomic mass is 35.5. The fourth-order valence-electron chi connectivity index (χ4n) is 8.00. The van der Waals surface area contributed by atoms with E-state index in [1.807, 2.05) is 117 Å². The smallest absolute Gasteiger partial charge is 0.495 e. The Hall–Kier alpha value is -5.09. The third kappa shape index (κ3) is 33.2. The monoisotopic (exact) mass is 1470 g/mol. The van der Waals surface area contributed by atoms with Crippen molar-refractivity contribution in [1.29, 1.82) is 0 Å². The van der Waals surface area contributed by atoms with Crippen LogP contribution >= 0.6 is 69.6 Å². The van der Waals surface area contributed by atoms with Crippen LogP contribution < -0.4 is 14.2 Å². The molecule has 0 amide bonds. The molecule has 0 radical (unpaired) electrons.